The molecule has 2 fully saturated rings. The standard InChI is InChI=1S/C32H37N5O5/c1-41-20-27-28(30(38)42-2)29(22-8-4-3-5-9-22)37(32(40)35-27)31(39)34-24-12-13-25(18-24)36-16-14-21(15-17-36)26-11-7-6-10-23(26)19-33/h3-11,21,24-25,29H,12-18,20H2,1-2H3,(H,34,39)(H,35,40)/t24-,25-,29+/m1/s1. The van der Waals surface area contributed by atoms with E-state index in [1.54, 1.807) is 24.3 Å². The number of carbonyl (C=O) groups is 3. The van der Waals surface area contributed by atoms with Gasteiger partial charge < -0.3 is 25.0 Å². The fraction of sp³-hybridized carbons (Fsp3) is 0.438. The van der Waals surface area contributed by atoms with E-state index in [9.17, 15) is 19.6 Å². The zero-order valence-electron chi connectivity index (χ0n) is 24.0. The summed E-state index contributed by atoms with van der Waals surface area (Å²) in [5.41, 5.74) is 2.94. The van der Waals surface area contributed by atoms with Crippen LogP contribution in [0.4, 0.5) is 9.59 Å². The van der Waals surface area contributed by atoms with E-state index in [2.05, 4.69) is 27.7 Å². The van der Waals surface area contributed by atoms with Gasteiger partial charge in [-0.05, 0) is 68.3 Å². The summed E-state index contributed by atoms with van der Waals surface area (Å²) in [6.45, 7) is 1.87. The number of imide groups is 1. The number of esters is 1. The van der Waals surface area contributed by atoms with Gasteiger partial charge in [-0.1, -0.05) is 48.5 Å². The fourth-order valence-corrected chi connectivity index (χ4v) is 6.63. The van der Waals surface area contributed by atoms with E-state index < -0.39 is 24.1 Å². The van der Waals surface area contributed by atoms with E-state index in [0.29, 0.717) is 17.5 Å². The summed E-state index contributed by atoms with van der Waals surface area (Å²) in [5, 5.41) is 15.3. The third-order valence-corrected chi connectivity index (χ3v) is 8.66. The SMILES string of the molecule is COCC1=C(C(=O)OC)[C@H](c2ccccc2)N(C(=O)N[C@@H]2CC[C@@H](N3CCC(c4ccccc4C#N)CC3)C2)C(=O)N1. The van der Waals surface area contributed by atoms with Crippen molar-refractivity contribution in [1.29, 1.82) is 5.26 Å². The minimum atomic E-state index is -0.968. The Morgan fingerprint density at radius 3 is 2.43 bits per heavy atom. The average Bonchev–Trinajstić information content (AvgIpc) is 3.49. The zero-order chi connectivity index (χ0) is 29.6. The highest BCUT2D eigenvalue weighted by atomic mass is 16.5. The molecule has 42 heavy (non-hydrogen) atoms. The summed E-state index contributed by atoms with van der Waals surface area (Å²) in [7, 11) is 2.74. The first-order chi connectivity index (χ1) is 20.4. The zero-order valence-corrected chi connectivity index (χ0v) is 24.0. The smallest absolute Gasteiger partial charge is 0.338 e. The second kappa shape index (κ2) is 13.2. The molecule has 10 heteroatoms. The van der Waals surface area contributed by atoms with Crippen LogP contribution in [0.25, 0.3) is 0 Å². The van der Waals surface area contributed by atoms with Crippen molar-refractivity contribution in [2.45, 2.75) is 56.1 Å². The van der Waals surface area contributed by atoms with Gasteiger partial charge in [0.15, 0.2) is 0 Å². The van der Waals surface area contributed by atoms with Gasteiger partial charge in [0.25, 0.3) is 0 Å². The molecule has 2 heterocycles. The van der Waals surface area contributed by atoms with Crippen molar-refractivity contribution in [1.82, 2.24) is 20.4 Å². The molecular weight excluding hydrogens is 534 g/mol. The normalized spacial score (nSPS) is 23.3. The highest BCUT2D eigenvalue weighted by Crippen LogP contribution is 2.36. The third kappa shape index (κ3) is 6.03. The first-order valence-electron chi connectivity index (χ1n) is 14.4. The van der Waals surface area contributed by atoms with Crippen molar-refractivity contribution >= 4 is 18.0 Å². The summed E-state index contributed by atoms with van der Waals surface area (Å²) in [4.78, 5) is 43.6. The molecule has 220 valence electrons. The van der Waals surface area contributed by atoms with Gasteiger partial charge in [-0.2, -0.15) is 5.26 Å². The summed E-state index contributed by atoms with van der Waals surface area (Å²) < 4.78 is 10.3. The Kier molecular flexibility index (Phi) is 9.20. The van der Waals surface area contributed by atoms with E-state index in [1.807, 2.05) is 24.3 Å². The van der Waals surface area contributed by atoms with Crippen LogP contribution in [0.2, 0.25) is 0 Å². The Morgan fingerprint density at radius 2 is 1.74 bits per heavy atom. The largest absolute Gasteiger partial charge is 0.466 e. The Bertz CT molecular complexity index is 1380. The number of methoxy groups -OCH3 is 2. The highest BCUT2D eigenvalue weighted by Gasteiger charge is 2.44. The van der Waals surface area contributed by atoms with Gasteiger partial charge in [0.2, 0.25) is 0 Å². The lowest BCUT2D eigenvalue weighted by molar-refractivity contribution is -0.137. The average molecular weight is 572 g/mol. The summed E-state index contributed by atoms with van der Waals surface area (Å²) in [6.07, 6.45) is 4.51. The number of hydrogen-bond donors (Lipinski definition) is 2. The number of rotatable bonds is 7. The van der Waals surface area contributed by atoms with Crippen LogP contribution in [0.15, 0.2) is 65.9 Å². The number of likely N-dealkylation sites (tertiary alicyclic amines) is 1. The molecule has 0 spiro atoms. The molecule has 1 saturated carbocycles. The number of benzene rings is 2. The molecule has 4 amide bonds. The molecule has 5 rings (SSSR count). The summed E-state index contributed by atoms with van der Waals surface area (Å²) in [5.74, 6) is -0.267. The number of urea groups is 2. The predicted octanol–water partition coefficient (Wildman–Crippen LogP) is 4.21. The summed E-state index contributed by atoms with van der Waals surface area (Å²) >= 11 is 0. The second-order valence-electron chi connectivity index (χ2n) is 11.1. The van der Waals surface area contributed by atoms with Crippen LogP contribution in [-0.4, -0.2) is 73.8 Å². The van der Waals surface area contributed by atoms with E-state index >= 15 is 0 Å². The van der Waals surface area contributed by atoms with Crippen LogP contribution >= 0.6 is 0 Å². The molecule has 2 N–H and O–H groups in total. The van der Waals surface area contributed by atoms with Crippen LogP contribution in [0.3, 0.4) is 0 Å². The molecule has 2 aromatic rings. The van der Waals surface area contributed by atoms with Crippen LogP contribution in [0.5, 0.6) is 0 Å². The molecule has 0 bridgehead atoms. The molecule has 3 atom stereocenters. The Labute approximate surface area is 246 Å². The molecule has 3 aliphatic rings. The van der Waals surface area contributed by atoms with Crippen LogP contribution in [0.1, 0.15) is 60.8 Å². The number of amides is 4. The number of carbonyl (C=O) groups excluding carboxylic acids is 3. The topological polar surface area (TPSA) is 124 Å². The van der Waals surface area contributed by atoms with Gasteiger partial charge >= 0.3 is 18.0 Å². The fourth-order valence-electron chi connectivity index (χ4n) is 6.63. The second-order valence-corrected chi connectivity index (χ2v) is 11.1. The Hall–Kier alpha value is -4.20. The van der Waals surface area contributed by atoms with Gasteiger partial charge in [-0.15, -0.1) is 0 Å². The van der Waals surface area contributed by atoms with Crippen LogP contribution in [-0.2, 0) is 14.3 Å². The maximum Gasteiger partial charge on any atom is 0.338 e. The number of nitrogens with one attached hydrogen (secondary N) is 2. The van der Waals surface area contributed by atoms with Crippen molar-refractivity contribution in [2.75, 3.05) is 33.9 Å². The Balaban J connectivity index is 1.27. The van der Waals surface area contributed by atoms with Crippen molar-refractivity contribution in [2.24, 2.45) is 0 Å². The first kappa shape index (κ1) is 29.3. The highest BCUT2D eigenvalue weighted by molar-refractivity contribution is 6.01. The number of nitrogens with zero attached hydrogens (tertiary/aromatic N) is 3. The van der Waals surface area contributed by atoms with E-state index in [0.717, 1.165) is 61.2 Å². The van der Waals surface area contributed by atoms with Crippen molar-refractivity contribution in [3.63, 3.8) is 0 Å². The molecule has 0 unspecified atom stereocenters. The van der Waals surface area contributed by atoms with Gasteiger partial charge in [0.05, 0.1) is 36.6 Å². The minimum Gasteiger partial charge on any atom is -0.466 e. The molecular formula is C32H37N5O5. The van der Waals surface area contributed by atoms with Gasteiger partial charge in [0.1, 0.15) is 6.04 Å². The van der Waals surface area contributed by atoms with Crippen molar-refractivity contribution < 1.29 is 23.9 Å². The Morgan fingerprint density at radius 1 is 1.02 bits per heavy atom. The third-order valence-electron chi connectivity index (χ3n) is 8.66. The van der Waals surface area contributed by atoms with Crippen molar-refractivity contribution in [3.05, 3.63) is 82.6 Å². The number of piperidine rings is 1. The van der Waals surface area contributed by atoms with E-state index in [-0.39, 0.29) is 23.9 Å². The number of ether oxygens (including phenoxy) is 2. The number of nitriles is 1. The van der Waals surface area contributed by atoms with Gasteiger partial charge in [-0.25, -0.2) is 19.3 Å². The molecule has 10 nitrogen and oxygen atoms in total. The first-order valence-corrected chi connectivity index (χ1v) is 14.4. The lowest BCUT2D eigenvalue weighted by atomic mass is 9.86. The molecule has 0 radical (unpaired) electrons. The van der Waals surface area contributed by atoms with Crippen molar-refractivity contribution in [3.8, 4) is 6.07 Å². The molecule has 2 aliphatic heterocycles. The van der Waals surface area contributed by atoms with Gasteiger partial charge in [-0.3, -0.25) is 0 Å². The molecule has 1 aliphatic carbocycles. The lowest BCUT2D eigenvalue weighted by Crippen LogP contribution is -2.56. The van der Waals surface area contributed by atoms with Crippen LogP contribution in [0, 0.1) is 11.3 Å². The summed E-state index contributed by atoms with van der Waals surface area (Å²) in [6, 6.07) is 17.3. The van der Waals surface area contributed by atoms with Gasteiger partial charge in [0, 0.05) is 19.2 Å². The van der Waals surface area contributed by atoms with E-state index in [4.69, 9.17) is 9.47 Å². The van der Waals surface area contributed by atoms with E-state index in [1.165, 1.54) is 14.2 Å². The predicted molar refractivity (Wildman–Crippen MR) is 155 cm³/mol. The quantitative estimate of drug-likeness (QED) is 0.477. The van der Waals surface area contributed by atoms with Crippen LogP contribution < -0.4 is 10.6 Å². The minimum absolute atomic E-state index is 0.0158. The monoisotopic (exact) mass is 571 g/mol. The molecule has 0 aromatic heterocycles. The number of hydrogen-bond acceptors (Lipinski definition) is 7. The molecule has 1 saturated heterocycles. The molecule has 2 aromatic carbocycles. The maximum absolute atomic E-state index is 13.7. The lowest BCUT2D eigenvalue weighted by Gasteiger charge is -2.37. The maximum atomic E-state index is 13.7.